The van der Waals surface area contributed by atoms with E-state index >= 15 is 0 Å². The van der Waals surface area contributed by atoms with Gasteiger partial charge in [-0.05, 0) is 69.1 Å². The van der Waals surface area contributed by atoms with Crippen LogP contribution >= 0.6 is 11.9 Å². The quantitative estimate of drug-likeness (QED) is 0.552. The summed E-state index contributed by atoms with van der Waals surface area (Å²) in [6.07, 6.45) is 6.21. The monoisotopic (exact) mass is 377 g/mol. The number of carbonyl (C=O) groups is 1. The maximum atomic E-state index is 11.0. The Hall–Kier alpha value is -1.07. The molecule has 0 aromatic carbocycles. The summed E-state index contributed by atoms with van der Waals surface area (Å²) in [5, 5.41) is 0. The molecule has 0 saturated carbocycles. The molecule has 2 unspecified atom stereocenters. The summed E-state index contributed by atoms with van der Waals surface area (Å²) in [6.45, 7) is 15.2. The summed E-state index contributed by atoms with van der Waals surface area (Å²) in [6, 6.07) is 4.61. The lowest BCUT2D eigenvalue weighted by Crippen LogP contribution is -2.24. The molecule has 0 aliphatic carbocycles. The normalized spacial score (nSPS) is 19.6. The van der Waals surface area contributed by atoms with Gasteiger partial charge in [-0.2, -0.15) is 0 Å². The first-order valence-corrected chi connectivity index (χ1v) is 10.5. The Morgan fingerprint density at radius 2 is 2.08 bits per heavy atom. The van der Waals surface area contributed by atoms with Gasteiger partial charge in [0, 0.05) is 24.0 Å². The van der Waals surface area contributed by atoms with Crippen LogP contribution in [0.25, 0.3) is 0 Å². The molecule has 5 heteroatoms. The Morgan fingerprint density at radius 3 is 2.65 bits per heavy atom. The van der Waals surface area contributed by atoms with Crippen LogP contribution in [0.1, 0.15) is 78.1 Å². The van der Waals surface area contributed by atoms with Crippen LogP contribution in [-0.4, -0.2) is 34.1 Å². The number of nitrogens with zero attached hydrogens (tertiary/aromatic N) is 2. The molecule has 2 heterocycles. The third kappa shape index (κ3) is 6.58. The SMILES string of the molecule is CC(C)(C)SNC(CCC1CCN(C=O)C1)c1cc(C(C)(C)C)ccn1. The minimum atomic E-state index is 0.120. The van der Waals surface area contributed by atoms with Gasteiger partial charge >= 0.3 is 0 Å². The van der Waals surface area contributed by atoms with Crippen molar-refractivity contribution in [2.24, 2.45) is 5.92 Å². The fourth-order valence-corrected chi connectivity index (χ4v) is 3.95. The number of nitrogens with one attached hydrogen (secondary N) is 1. The molecule has 26 heavy (non-hydrogen) atoms. The third-order valence-electron chi connectivity index (χ3n) is 4.84. The molecule has 1 aliphatic rings. The minimum Gasteiger partial charge on any atom is -0.345 e. The van der Waals surface area contributed by atoms with Crippen molar-refractivity contribution in [3.05, 3.63) is 29.6 Å². The van der Waals surface area contributed by atoms with Crippen LogP contribution in [-0.2, 0) is 10.2 Å². The van der Waals surface area contributed by atoms with Crippen LogP contribution in [0.2, 0.25) is 0 Å². The second-order valence-electron chi connectivity index (χ2n) is 9.44. The first-order valence-electron chi connectivity index (χ1n) is 9.68. The molecule has 2 atom stereocenters. The van der Waals surface area contributed by atoms with Gasteiger partial charge in [-0.15, -0.1) is 0 Å². The van der Waals surface area contributed by atoms with Gasteiger partial charge in [0.2, 0.25) is 6.41 Å². The Bertz CT molecular complexity index is 592. The average Bonchev–Trinajstić information content (AvgIpc) is 3.01. The maximum absolute atomic E-state index is 11.0. The highest BCUT2D eigenvalue weighted by Gasteiger charge is 2.25. The third-order valence-corrected chi connectivity index (χ3v) is 5.86. The fraction of sp³-hybridized carbons (Fsp3) is 0.714. The number of hydrogen-bond donors (Lipinski definition) is 1. The summed E-state index contributed by atoms with van der Waals surface area (Å²) in [5.41, 5.74) is 2.57. The topological polar surface area (TPSA) is 45.2 Å². The number of aromatic nitrogens is 1. The van der Waals surface area contributed by atoms with Crippen molar-refractivity contribution in [2.75, 3.05) is 13.1 Å². The van der Waals surface area contributed by atoms with Crippen LogP contribution in [0.4, 0.5) is 0 Å². The van der Waals surface area contributed by atoms with Gasteiger partial charge in [0.1, 0.15) is 0 Å². The molecule has 1 aromatic rings. The van der Waals surface area contributed by atoms with E-state index in [1.807, 2.05) is 11.1 Å². The van der Waals surface area contributed by atoms with Crippen molar-refractivity contribution in [3.8, 4) is 0 Å². The van der Waals surface area contributed by atoms with E-state index < -0.39 is 0 Å². The summed E-state index contributed by atoms with van der Waals surface area (Å²) < 4.78 is 3.83. The van der Waals surface area contributed by atoms with E-state index in [4.69, 9.17) is 0 Å². The van der Waals surface area contributed by atoms with Crippen molar-refractivity contribution < 1.29 is 4.79 Å². The van der Waals surface area contributed by atoms with Crippen molar-refractivity contribution in [1.82, 2.24) is 14.6 Å². The standard InChI is InChI=1S/C21H35N3OS/c1-20(2,3)17-9-11-22-19(13-17)18(23-26-21(4,5)6)8-7-16-10-12-24(14-16)15-25/h9,11,13,15-16,18,23H,7-8,10,12,14H2,1-6H3. The molecule has 0 bridgehead atoms. The van der Waals surface area contributed by atoms with E-state index in [0.717, 1.165) is 44.5 Å². The molecule has 1 N–H and O–H groups in total. The fourth-order valence-electron chi connectivity index (χ4n) is 3.22. The van der Waals surface area contributed by atoms with Gasteiger partial charge in [-0.3, -0.25) is 14.5 Å². The lowest BCUT2D eigenvalue weighted by Gasteiger charge is -2.26. The number of hydrogen-bond acceptors (Lipinski definition) is 4. The van der Waals surface area contributed by atoms with E-state index in [1.54, 1.807) is 11.9 Å². The molecule has 0 spiro atoms. The lowest BCUT2D eigenvalue weighted by atomic mass is 9.86. The van der Waals surface area contributed by atoms with Crippen LogP contribution in [0.5, 0.6) is 0 Å². The van der Waals surface area contributed by atoms with Crippen LogP contribution in [0.15, 0.2) is 18.3 Å². The summed E-state index contributed by atoms with van der Waals surface area (Å²) in [4.78, 5) is 17.5. The second-order valence-corrected chi connectivity index (χ2v) is 11.1. The lowest BCUT2D eigenvalue weighted by molar-refractivity contribution is -0.117. The molecular weight excluding hydrogens is 342 g/mol. The predicted octanol–water partition coefficient (Wildman–Crippen LogP) is 4.72. The molecule has 2 rings (SSSR count). The number of pyridine rings is 1. The zero-order valence-corrected chi connectivity index (χ0v) is 18.0. The van der Waals surface area contributed by atoms with Gasteiger partial charge in [-0.1, -0.05) is 32.7 Å². The van der Waals surface area contributed by atoms with Crippen molar-refractivity contribution in [2.45, 2.75) is 77.0 Å². The molecule has 1 amide bonds. The highest BCUT2D eigenvalue weighted by molar-refractivity contribution is 7.98. The Morgan fingerprint density at radius 1 is 1.35 bits per heavy atom. The summed E-state index contributed by atoms with van der Waals surface area (Å²) in [7, 11) is 0. The molecule has 0 radical (unpaired) electrons. The van der Waals surface area contributed by atoms with Gasteiger partial charge in [0.25, 0.3) is 0 Å². The van der Waals surface area contributed by atoms with E-state index in [2.05, 4.69) is 63.4 Å². The summed E-state index contributed by atoms with van der Waals surface area (Å²) in [5.74, 6) is 0.606. The second kappa shape index (κ2) is 8.75. The molecular formula is C21H35N3OS. The Kier molecular flexibility index (Phi) is 7.14. The Balaban J connectivity index is 2.09. The van der Waals surface area contributed by atoms with Crippen molar-refractivity contribution >= 4 is 18.4 Å². The highest BCUT2D eigenvalue weighted by atomic mass is 32.2. The van der Waals surface area contributed by atoms with Gasteiger partial charge in [-0.25, -0.2) is 0 Å². The zero-order chi connectivity index (χ0) is 19.4. The predicted molar refractivity (Wildman–Crippen MR) is 111 cm³/mol. The molecule has 1 fully saturated rings. The molecule has 4 nitrogen and oxygen atoms in total. The van der Waals surface area contributed by atoms with Crippen LogP contribution < -0.4 is 4.72 Å². The number of rotatable bonds is 7. The first kappa shape index (κ1) is 21.2. The van der Waals surface area contributed by atoms with Crippen LogP contribution in [0.3, 0.4) is 0 Å². The Labute approximate surface area is 163 Å². The van der Waals surface area contributed by atoms with E-state index in [1.165, 1.54) is 5.56 Å². The molecule has 1 aromatic heterocycles. The molecule has 1 aliphatic heterocycles. The maximum Gasteiger partial charge on any atom is 0.209 e. The highest BCUT2D eigenvalue weighted by Crippen LogP contribution is 2.31. The number of amides is 1. The summed E-state index contributed by atoms with van der Waals surface area (Å²) >= 11 is 1.78. The van der Waals surface area contributed by atoms with Gasteiger partial charge in [0.15, 0.2) is 0 Å². The van der Waals surface area contributed by atoms with Crippen molar-refractivity contribution in [1.29, 1.82) is 0 Å². The van der Waals surface area contributed by atoms with Gasteiger partial charge in [0.05, 0.1) is 11.7 Å². The van der Waals surface area contributed by atoms with Crippen LogP contribution in [0, 0.1) is 5.92 Å². The van der Waals surface area contributed by atoms with Gasteiger partial charge < -0.3 is 4.90 Å². The smallest absolute Gasteiger partial charge is 0.209 e. The van der Waals surface area contributed by atoms with E-state index in [-0.39, 0.29) is 16.2 Å². The number of likely N-dealkylation sites (tertiary alicyclic amines) is 1. The minimum absolute atomic E-state index is 0.120. The number of carbonyl (C=O) groups excluding carboxylic acids is 1. The first-order chi connectivity index (χ1) is 12.1. The largest absolute Gasteiger partial charge is 0.345 e. The van der Waals surface area contributed by atoms with E-state index in [9.17, 15) is 4.79 Å². The zero-order valence-electron chi connectivity index (χ0n) is 17.2. The average molecular weight is 378 g/mol. The van der Waals surface area contributed by atoms with Crippen molar-refractivity contribution in [3.63, 3.8) is 0 Å². The van der Waals surface area contributed by atoms with E-state index in [0.29, 0.717) is 5.92 Å². The molecule has 146 valence electrons. The molecule has 1 saturated heterocycles.